The Labute approximate surface area is 114 Å². The summed E-state index contributed by atoms with van der Waals surface area (Å²) in [5, 5.41) is 9.76. The molecule has 4 heteroatoms. The number of aromatic nitrogens is 1. The Hall–Kier alpha value is -1.58. The Kier molecular flexibility index (Phi) is 5.80. The van der Waals surface area contributed by atoms with Crippen LogP contribution in [0.3, 0.4) is 0 Å². The van der Waals surface area contributed by atoms with Crippen molar-refractivity contribution in [2.45, 2.75) is 53.0 Å². The van der Waals surface area contributed by atoms with E-state index in [-0.39, 0.29) is 11.5 Å². The van der Waals surface area contributed by atoms with E-state index in [2.05, 4.69) is 13.8 Å². The van der Waals surface area contributed by atoms with E-state index in [9.17, 15) is 14.7 Å². The molecule has 1 heterocycles. The number of nitrogens with zero attached hydrogens (tertiary/aromatic N) is 1. The van der Waals surface area contributed by atoms with E-state index in [4.69, 9.17) is 0 Å². The van der Waals surface area contributed by atoms with Gasteiger partial charge in [0.25, 0.3) is 0 Å². The molecule has 0 aliphatic carbocycles. The van der Waals surface area contributed by atoms with Crippen molar-refractivity contribution in [3.63, 3.8) is 0 Å². The maximum absolute atomic E-state index is 11.6. The van der Waals surface area contributed by atoms with Crippen molar-refractivity contribution < 1.29 is 9.90 Å². The second-order valence-electron chi connectivity index (χ2n) is 5.00. The molecule has 0 aromatic carbocycles. The Morgan fingerprint density at radius 1 is 1.42 bits per heavy atom. The summed E-state index contributed by atoms with van der Waals surface area (Å²) in [5.74, 6) is -0.249. The molecule has 19 heavy (non-hydrogen) atoms. The first-order valence-corrected chi connectivity index (χ1v) is 6.94. The second kappa shape index (κ2) is 7.12. The van der Waals surface area contributed by atoms with Gasteiger partial charge in [0.05, 0.1) is 0 Å². The first-order chi connectivity index (χ1) is 9.01. The zero-order valence-corrected chi connectivity index (χ0v) is 12.0. The lowest BCUT2D eigenvalue weighted by Crippen LogP contribution is -2.19. The highest BCUT2D eigenvalue weighted by Gasteiger charge is 2.16. The molecule has 1 aromatic heterocycles. The third kappa shape index (κ3) is 3.94. The molecule has 0 bridgehead atoms. The Balaban J connectivity index is 3.03. The van der Waals surface area contributed by atoms with E-state index in [0.717, 1.165) is 25.7 Å². The molecule has 1 atom stereocenters. The van der Waals surface area contributed by atoms with Crippen LogP contribution in [0.15, 0.2) is 17.1 Å². The number of ketones is 1. The van der Waals surface area contributed by atoms with Crippen LogP contribution in [-0.4, -0.2) is 15.5 Å². The molecular weight excluding hydrogens is 242 g/mol. The third-order valence-corrected chi connectivity index (χ3v) is 3.48. The molecule has 0 radical (unpaired) electrons. The van der Waals surface area contributed by atoms with Crippen molar-refractivity contribution in [2.75, 3.05) is 0 Å². The number of hydrogen-bond acceptors (Lipinski definition) is 3. The smallest absolute Gasteiger partial charge is 0.223 e. The van der Waals surface area contributed by atoms with Crippen molar-refractivity contribution in [1.29, 1.82) is 0 Å². The highest BCUT2D eigenvalue weighted by Crippen LogP contribution is 2.19. The lowest BCUT2D eigenvalue weighted by Gasteiger charge is -2.19. The fourth-order valence-electron chi connectivity index (χ4n) is 2.28. The topological polar surface area (TPSA) is 59.3 Å². The Morgan fingerprint density at radius 3 is 2.63 bits per heavy atom. The lowest BCUT2D eigenvalue weighted by atomic mass is 9.99. The predicted molar refractivity (Wildman–Crippen MR) is 75.7 cm³/mol. The van der Waals surface area contributed by atoms with E-state index < -0.39 is 11.2 Å². The summed E-state index contributed by atoms with van der Waals surface area (Å²) in [7, 11) is 0. The van der Waals surface area contributed by atoms with E-state index in [1.807, 2.05) is 0 Å². The maximum atomic E-state index is 11.6. The number of carbonyl (C=O) groups is 1. The minimum atomic E-state index is -0.497. The SMILES string of the molecule is CCCCC(CC)Cn1ccc(=O)c(O)c1C(C)=O. The van der Waals surface area contributed by atoms with E-state index in [0.29, 0.717) is 12.5 Å². The fraction of sp³-hybridized carbons (Fsp3) is 0.600. The van der Waals surface area contributed by atoms with Crippen LogP contribution in [0.1, 0.15) is 56.9 Å². The Bertz CT molecular complexity index is 491. The van der Waals surface area contributed by atoms with Crippen LogP contribution in [0.4, 0.5) is 0 Å². The van der Waals surface area contributed by atoms with E-state index in [1.165, 1.54) is 13.0 Å². The number of hydrogen-bond donors (Lipinski definition) is 1. The molecule has 4 nitrogen and oxygen atoms in total. The van der Waals surface area contributed by atoms with Gasteiger partial charge >= 0.3 is 0 Å². The molecule has 1 rings (SSSR count). The number of carbonyl (C=O) groups excluding carboxylic acids is 1. The number of unbranched alkanes of at least 4 members (excludes halogenated alkanes) is 1. The summed E-state index contributed by atoms with van der Waals surface area (Å²) in [6.45, 7) is 6.31. The van der Waals surface area contributed by atoms with Crippen molar-refractivity contribution in [3.8, 4) is 5.75 Å². The standard InChI is InChI=1S/C15H23NO3/c1-4-6-7-12(5-2)10-16-9-8-13(18)15(19)14(16)11(3)17/h8-9,12,19H,4-7,10H2,1-3H3. The Morgan fingerprint density at radius 2 is 2.11 bits per heavy atom. The molecular formula is C15H23NO3. The van der Waals surface area contributed by atoms with Gasteiger partial charge in [0.2, 0.25) is 5.43 Å². The van der Waals surface area contributed by atoms with Gasteiger partial charge in [0, 0.05) is 25.7 Å². The van der Waals surface area contributed by atoms with Crippen LogP contribution < -0.4 is 5.43 Å². The molecule has 0 aliphatic heterocycles. The van der Waals surface area contributed by atoms with Crippen LogP contribution in [0.5, 0.6) is 5.75 Å². The average Bonchev–Trinajstić information content (AvgIpc) is 2.38. The monoisotopic (exact) mass is 265 g/mol. The molecule has 0 saturated heterocycles. The zero-order chi connectivity index (χ0) is 14.4. The maximum Gasteiger partial charge on any atom is 0.223 e. The summed E-state index contributed by atoms with van der Waals surface area (Å²) in [4.78, 5) is 23.0. The number of Topliss-reactive ketones (excluding diaryl/α,β-unsaturated/α-hetero) is 1. The summed E-state index contributed by atoms with van der Waals surface area (Å²) in [6, 6.07) is 1.31. The normalized spacial score (nSPS) is 12.4. The average molecular weight is 265 g/mol. The van der Waals surface area contributed by atoms with Gasteiger partial charge in [-0.15, -0.1) is 0 Å². The summed E-state index contributed by atoms with van der Waals surface area (Å²) >= 11 is 0. The first-order valence-electron chi connectivity index (χ1n) is 6.94. The number of pyridine rings is 1. The van der Waals surface area contributed by atoms with Gasteiger partial charge in [0.1, 0.15) is 5.69 Å². The first kappa shape index (κ1) is 15.5. The van der Waals surface area contributed by atoms with Crippen LogP contribution in [0, 0.1) is 5.92 Å². The van der Waals surface area contributed by atoms with Gasteiger partial charge in [-0.25, -0.2) is 0 Å². The van der Waals surface area contributed by atoms with Crippen molar-refractivity contribution in [3.05, 3.63) is 28.2 Å². The molecule has 0 aliphatic rings. The molecule has 0 saturated carbocycles. The van der Waals surface area contributed by atoms with Gasteiger partial charge in [-0.1, -0.05) is 33.1 Å². The molecule has 0 fully saturated rings. The second-order valence-corrected chi connectivity index (χ2v) is 5.00. The number of rotatable bonds is 7. The van der Waals surface area contributed by atoms with Gasteiger partial charge in [-0.3, -0.25) is 9.59 Å². The predicted octanol–water partition coefficient (Wildman–Crippen LogP) is 2.97. The molecule has 1 unspecified atom stereocenters. The van der Waals surface area contributed by atoms with Gasteiger partial charge < -0.3 is 9.67 Å². The van der Waals surface area contributed by atoms with E-state index >= 15 is 0 Å². The minimum absolute atomic E-state index is 0.127. The largest absolute Gasteiger partial charge is 0.503 e. The zero-order valence-electron chi connectivity index (χ0n) is 12.0. The third-order valence-electron chi connectivity index (χ3n) is 3.48. The molecule has 1 N–H and O–H groups in total. The van der Waals surface area contributed by atoms with Crippen molar-refractivity contribution in [2.24, 2.45) is 5.92 Å². The summed E-state index contributed by atoms with van der Waals surface area (Å²) in [6.07, 6.45) is 6.01. The molecule has 1 aromatic rings. The van der Waals surface area contributed by atoms with E-state index in [1.54, 1.807) is 10.8 Å². The van der Waals surface area contributed by atoms with Gasteiger partial charge in [-0.2, -0.15) is 0 Å². The molecule has 0 amide bonds. The summed E-state index contributed by atoms with van der Waals surface area (Å²) in [5.41, 5.74) is -0.370. The van der Waals surface area contributed by atoms with Gasteiger partial charge in [0.15, 0.2) is 11.5 Å². The minimum Gasteiger partial charge on any atom is -0.503 e. The van der Waals surface area contributed by atoms with Crippen LogP contribution in [0.25, 0.3) is 0 Å². The van der Waals surface area contributed by atoms with Crippen molar-refractivity contribution >= 4 is 5.78 Å². The molecule has 0 spiro atoms. The number of aromatic hydroxyl groups is 1. The fourth-order valence-corrected chi connectivity index (χ4v) is 2.28. The summed E-state index contributed by atoms with van der Waals surface area (Å²) < 4.78 is 1.71. The van der Waals surface area contributed by atoms with Crippen LogP contribution >= 0.6 is 0 Å². The highest BCUT2D eigenvalue weighted by atomic mass is 16.3. The van der Waals surface area contributed by atoms with Crippen molar-refractivity contribution in [1.82, 2.24) is 4.57 Å². The lowest BCUT2D eigenvalue weighted by molar-refractivity contribution is 0.0998. The quantitative estimate of drug-likeness (QED) is 0.771. The molecule has 106 valence electrons. The van der Waals surface area contributed by atoms with Crippen LogP contribution in [-0.2, 0) is 6.54 Å². The van der Waals surface area contributed by atoms with Crippen LogP contribution in [0.2, 0.25) is 0 Å². The highest BCUT2D eigenvalue weighted by molar-refractivity contribution is 5.94. The van der Waals surface area contributed by atoms with Gasteiger partial charge in [-0.05, 0) is 12.3 Å².